The van der Waals surface area contributed by atoms with E-state index in [0.717, 1.165) is 63.9 Å². The van der Waals surface area contributed by atoms with E-state index < -0.39 is 0 Å². The Bertz CT molecular complexity index is 1240. The van der Waals surface area contributed by atoms with E-state index in [1.807, 2.05) is 12.1 Å². The van der Waals surface area contributed by atoms with Crippen LogP contribution in [0, 0.1) is 0 Å². The maximum absolute atomic E-state index is 10.1. The second-order valence-electron chi connectivity index (χ2n) is 12.2. The molecule has 0 saturated carbocycles. The number of pyridine rings is 1. The van der Waals surface area contributed by atoms with Crippen molar-refractivity contribution in [1.82, 2.24) is 25.0 Å². The first-order chi connectivity index (χ1) is 18.8. The summed E-state index contributed by atoms with van der Waals surface area (Å²) in [6.45, 7) is 12.0. The minimum absolute atomic E-state index is 0.0337. The van der Waals surface area contributed by atoms with Crippen LogP contribution in [0.25, 0.3) is 10.9 Å². The number of hydrogen-bond donors (Lipinski definition) is 2. The Kier molecular flexibility index (Phi) is 8.57. The topological polar surface area (TPSA) is 54.9 Å². The largest absolute Gasteiger partial charge is 0.508 e. The number of likely N-dealkylation sites (tertiary alicyclic amines) is 1. The van der Waals surface area contributed by atoms with Gasteiger partial charge in [0.15, 0.2) is 0 Å². The number of hydrogen-bond acceptors (Lipinski definition) is 6. The number of phenols is 1. The predicted octanol–water partition coefficient (Wildman–Crippen LogP) is 5.52. The molecule has 0 spiro atoms. The van der Waals surface area contributed by atoms with Crippen LogP contribution in [0.1, 0.15) is 69.3 Å². The Morgan fingerprint density at radius 3 is 2.44 bits per heavy atom. The van der Waals surface area contributed by atoms with Crippen molar-refractivity contribution in [2.45, 2.75) is 76.7 Å². The van der Waals surface area contributed by atoms with Gasteiger partial charge in [0.25, 0.3) is 0 Å². The highest BCUT2D eigenvalue weighted by molar-refractivity contribution is 5.79. The molecule has 210 valence electrons. The van der Waals surface area contributed by atoms with Crippen LogP contribution in [0.2, 0.25) is 0 Å². The Labute approximate surface area is 235 Å². The zero-order valence-corrected chi connectivity index (χ0v) is 24.5. The Hall–Kier alpha value is -2.51. The van der Waals surface area contributed by atoms with E-state index in [1.54, 1.807) is 6.07 Å². The molecule has 0 bridgehead atoms. The molecule has 1 aromatic heterocycles. The standard InChI is InChI=1S/C33H47N5O/c1-6-8-32(38-21-24(2)34-25(3)22-38)31-14-12-27-19-26(11-13-30(27)35-31)23-37-17-15-33(16-18-37,36(4)5)28-9-7-10-29(39)20-28/h7,9-14,19-20,24-25,32,34,39H,6,8,15-18,21-23H2,1-5H3/t24-,25+,32?. The molecule has 6 nitrogen and oxygen atoms in total. The number of phenolic OH excluding ortho intramolecular Hbond substituents is 1. The van der Waals surface area contributed by atoms with Crippen LogP contribution in [0.5, 0.6) is 5.75 Å². The summed E-state index contributed by atoms with van der Waals surface area (Å²) < 4.78 is 0. The lowest BCUT2D eigenvalue weighted by atomic mass is 9.79. The molecule has 2 N–H and O–H groups in total. The van der Waals surface area contributed by atoms with Gasteiger partial charge in [0.05, 0.1) is 17.3 Å². The number of fused-ring (bicyclic) bond motifs is 1. The SMILES string of the molecule is CCCC(c1ccc2cc(CN3CCC(c4cccc(O)c4)(N(C)C)CC3)ccc2n1)N1C[C@@H](C)N[C@@H](C)C1. The highest BCUT2D eigenvalue weighted by Crippen LogP contribution is 2.39. The van der Waals surface area contributed by atoms with Crippen LogP contribution < -0.4 is 5.32 Å². The average molecular weight is 530 g/mol. The molecule has 0 aliphatic carbocycles. The van der Waals surface area contributed by atoms with Crippen molar-refractivity contribution >= 4 is 10.9 Å². The molecule has 2 saturated heterocycles. The molecule has 1 unspecified atom stereocenters. The number of nitrogens with one attached hydrogen (secondary N) is 1. The third-order valence-electron chi connectivity index (χ3n) is 9.03. The van der Waals surface area contributed by atoms with Crippen LogP contribution in [0.4, 0.5) is 0 Å². The Morgan fingerprint density at radius 1 is 1.03 bits per heavy atom. The number of rotatable bonds is 8. The van der Waals surface area contributed by atoms with Crippen LogP contribution in [-0.2, 0) is 12.1 Å². The lowest BCUT2D eigenvalue weighted by Crippen LogP contribution is -2.55. The molecule has 0 radical (unpaired) electrons. The summed E-state index contributed by atoms with van der Waals surface area (Å²) in [5, 5.41) is 15.0. The van der Waals surface area contributed by atoms with E-state index in [9.17, 15) is 5.11 Å². The summed E-state index contributed by atoms with van der Waals surface area (Å²) in [6, 6.07) is 20.6. The maximum Gasteiger partial charge on any atom is 0.115 e. The fourth-order valence-corrected chi connectivity index (χ4v) is 7.02. The van der Waals surface area contributed by atoms with Crippen molar-refractivity contribution < 1.29 is 5.11 Å². The van der Waals surface area contributed by atoms with Crippen LogP contribution in [0.3, 0.4) is 0 Å². The van der Waals surface area contributed by atoms with Gasteiger partial charge in [0, 0.05) is 55.7 Å². The molecule has 6 heteroatoms. The second-order valence-corrected chi connectivity index (χ2v) is 12.2. The third kappa shape index (κ3) is 6.14. The van der Waals surface area contributed by atoms with E-state index in [4.69, 9.17) is 4.98 Å². The number of nitrogens with zero attached hydrogens (tertiary/aromatic N) is 4. The van der Waals surface area contributed by atoms with Crippen molar-refractivity contribution in [2.75, 3.05) is 40.3 Å². The third-order valence-corrected chi connectivity index (χ3v) is 9.03. The molecule has 2 aliphatic rings. The smallest absolute Gasteiger partial charge is 0.115 e. The highest BCUT2D eigenvalue weighted by Gasteiger charge is 2.38. The number of aromatic nitrogens is 1. The fourth-order valence-electron chi connectivity index (χ4n) is 7.02. The molecule has 3 atom stereocenters. The molecule has 39 heavy (non-hydrogen) atoms. The van der Waals surface area contributed by atoms with Gasteiger partial charge in [0.1, 0.15) is 5.75 Å². The van der Waals surface area contributed by atoms with E-state index >= 15 is 0 Å². The zero-order chi connectivity index (χ0) is 27.6. The van der Waals surface area contributed by atoms with Crippen molar-refractivity contribution in [3.05, 3.63) is 71.4 Å². The van der Waals surface area contributed by atoms with E-state index in [2.05, 4.69) is 91.3 Å². The lowest BCUT2D eigenvalue weighted by Gasteiger charge is -2.46. The van der Waals surface area contributed by atoms with Crippen molar-refractivity contribution in [3.8, 4) is 5.75 Å². The molecule has 5 rings (SSSR count). The molecule has 3 heterocycles. The zero-order valence-electron chi connectivity index (χ0n) is 24.5. The van der Waals surface area contributed by atoms with Crippen LogP contribution in [-0.4, -0.2) is 77.1 Å². The van der Waals surface area contributed by atoms with Gasteiger partial charge in [-0.15, -0.1) is 0 Å². The van der Waals surface area contributed by atoms with Crippen LogP contribution >= 0.6 is 0 Å². The van der Waals surface area contributed by atoms with Gasteiger partial charge in [-0.05, 0) is 88.7 Å². The van der Waals surface area contributed by atoms with Gasteiger partial charge in [-0.1, -0.05) is 37.6 Å². The van der Waals surface area contributed by atoms with Gasteiger partial charge < -0.3 is 10.4 Å². The summed E-state index contributed by atoms with van der Waals surface area (Å²) in [5.74, 6) is 0.349. The van der Waals surface area contributed by atoms with E-state index in [1.165, 1.54) is 22.2 Å². The maximum atomic E-state index is 10.1. The summed E-state index contributed by atoms with van der Waals surface area (Å²) in [7, 11) is 4.33. The number of piperidine rings is 1. The second kappa shape index (κ2) is 11.9. The summed E-state index contributed by atoms with van der Waals surface area (Å²) >= 11 is 0. The Morgan fingerprint density at radius 2 is 1.77 bits per heavy atom. The normalized spacial score (nSPS) is 23.3. The highest BCUT2D eigenvalue weighted by atomic mass is 16.3. The quantitative estimate of drug-likeness (QED) is 0.401. The summed E-state index contributed by atoms with van der Waals surface area (Å²) in [5.41, 5.74) is 4.84. The molecular formula is C33H47N5O. The molecule has 2 aliphatic heterocycles. The average Bonchev–Trinajstić information content (AvgIpc) is 2.91. The van der Waals surface area contributed by atoms with Crippen LogP contribution in [0.15, 0.2) is 54.6 Å². The van der Waals surface area contributed by atoms with Gasteiger partial charge in [0.2, 0.25) is 0 Å². The number of benzene rings is 2. The van der Waals surface area contributed by atoms with Gasteiger partial charge in [-0.3, -0.25) is 19.7 Å². The van der Waals surface area contributed by atoms with E-state index in [0.29, 0.717) is 23.9 Å². The first-order valence-corrected chi connectivity index (χ1v) is 14.9. The minimum Gasteiger partial charge on any atom is -0.508 e. The number of piperazine rings is 1. The van der Waals surface area contributed by atoms with Gasteiger partial charge in [-0.25, -0.2) is 0 Å². The van der Waals surface area contributed by atoms with Crippen molar-refractivity contribution in [3.63, 3.8) is 0 Å². The van der Waals surface area contributed by atoms with E-state index in [-0.39, 0.29) is 5.54 Å². The molecule has 2 fully saturated rings. The van der Waals surface area contributed by atoms with Crippen molar-refractivity contribution in [1.29, 1.82) is 0 Å². The lowest BCUT2D eigenvalue weighted by molar-refractivity contribution is 0.0506. The van der Waals surface area contributed by atoms with Crippen molar-refractivity contribution in [2.24, 2.45) is 0 Å². The number of aromatic hydroxyl groups is 1. The Balaban J connectivity index is 1.28. The predicted molar refractivity (Wildman–Crippen MR) is 161 cm³/mol. The minimum atomic E-state index is -0.0337. The first-order valence-electron chi connectivity index (χ1n) is 14.9. The van der Waals surface area contributed by atoms with Gasteiger partial charge in [-0.2, -0.15) is 0 Å². The summed E-state index contributed by atoms with van der Waals surface area (Å²) in [4.78, 5) is 12.7. The van der Waals surface area contributed by atoms with Gasteiger partial charge >= 0.3 is 0 Å². The molecule has 3 aromatic rings. The first kappa shape index (κ1) is 28.0. The molecular weight excluding hydrogens is 482 g/mol. The molecule has 2 aromatic carbocycles. The summed E-state index contributed by atoms with van der Waals surface area (Å²) in [6.07, 6.45) is 4.39. The monoisotopic (exact) mass is 529 g/mol. The fraction of sp³-hybridized carbons (Fsp3) is 0.545. The molecule has 0 amide bonds.